The molecule has 0 unspecified atom stereocenters. The summed E-state index contributed by atoms with van der Waals surface area (Å²) >= 11 is 0. The van der Waals surface area contributed by atoms with Gasteiger partial charge in [-0.25, -0.2) is 0 Å². The van der Waals surface area contributed by atoms with Crippen LogP contribution >= 0.6 is 0 Å². The molecule has 1 heterocycles. The van der Waals surface area contributed by atoms with Crippen LogP contribution in [0, 0.1) is 12.8 Å². The van der Waals surface area contributed by atoms with E-state index >= 15 is 0 Å². The third-order valence-corrected chi connectivity index (χ3v) is 2.04. The molecule has 0 aliphatic carbocycles. The quantitative estimate of drug-likeness (QED) is 0.796. The van der Waals surface area contributed by atoms with Crippen molar-refractivity contribution in [2.75, 3.05) is 13.1 Å². The van der Waals surface area contributed by atoms with Crippen LogP contribution in [-0.4, -0.2) is 34.2 Å². The molecule has 0 aliphatic rings. The lowest BCUT2D eigenvalue weighted by Crippen LogP contribution is -2.32. The van der Waals surface area contributed by atoms with Crippen LogP contribution in [-0.2, 0) is 11.3 Å². The summed E-state index contributed by atoms with van der Waals surface area (Å²) in [5.74, 6) is 0.305. The van der Waals surface area contributed by atoms with Crippen molar-refractivity contribution >= 4 is 5.97 Å². The molecular weight excluding hydrogens is 208 g/mol. The van der Waals surface area contributed by atoms with Gasteiger partial charge in [-0.1, -0.05) is 19.0 Å². The summed E-state index contributed by atoms with van der Waals surface area (Å²) in [6.07, 6.45) is 0. The first-order chi connectivity index (χ1) is 7.47. The zero-order valence-electron chi connectivity index (χ0n) is 9.93. The molecule has 90 valence electrons. The Bertz CT molecular complexity index is 347. The van der Waals surface area contributed by atoms with E-state index in [9.17, 15) is 4.79 Å². The Kier molecular flexibility index (Phi) is 4.49. The van der Waals surface area contributed by atoms with Gasteiger partial charge in [-0.2, -0.15) is 0 Å². The van der Waals surface area contributed by atoms with Gasteiger partial charge in [0.15, 0.2) is 5.76 Å². The molecule has 0 radical (unpaired) electrons. The molecule has 0 aromatic carbocycles. The molecule has 0 fully saturated rings. The maximum atomic E-state index is 10.7. The molecule has 1 aromatic heterocycles. The van der Waals surface area contributed by atoms with Gasteiger partial charge in [0.05, 0.1) is 18.8 Å². The van der Waals surface area contributed by atoms with Gasteiger partial charge in [-0.15, -0.1) is 0 Å². The van der Waals surface area contributed by atoms with Crippen LogP contribution in [0.4, 0.5) is 0 Å². The summed E-state index contributed by atoms with van der Waals surface area (Å²) in [6.45, 7) is 7.20. The van der Waals surface area contributed by atoms with Crippen LogP contribution in [0.2, 0.25) is 0 Å². The lowest BCUT2D eigenvalue weighted by atomic mass is 10.2. The molecule has 0 spiro atoms. The fraction of sp³-hybridized carbons (Fsp3) is 0.636. The largest absolute Gasteiger partial charge is 0.480 e. The van der Waals surface area contributed by atoms with Gasteiger partial charge in [0, 0.05) is 12.6 Å². The van der Waals surface area contributed by atoms with E-state index in [0.717, 1.165) is 12.2 Å². The summed E-state index contributed by atoms with van der Waals surface area (Å²) in [5.41, 5.74) is 0.815. The van der Waals surface area contributed by atoms with Gasteiger partial charge in [0.25, 0.3) is 0 Å². The van der Waals surface area contributed by atoms with Crippen LogP contribution in [0.1, 0.15) is 25.3 Å². The number of carbonyl (C=O) groups is 1. The number of rotatable bonds is 6. The van der Waals surface area contributed by atoms with E-state index in [1.807, 2.05) is 17.9 Å². The van der Waals surface area contributed by atoms with E-state index in [0.29, 0.717) is 18.2 Å². The zero-order chi connectivity index (χ0) is 12.1. The average molecular weight is 226 g/mol. The Hall–Kier alpha value is -1.36. The topological polar surface area (TPSA) is 66.6 Å². The number of aromatic nitrogens is 1. The predicted octanol–water partition coefficient (Wildman–Crippen LogP) is 1.53. The molecule has 0 aliphatic heterocycles. The van der Waals surface area contributed by atoms with Crippen molar-refractivity contribution < 1.29 is 14.4 Å². The highest BCUT2D eigenvalue weighted by molar-refractivity contribution is 5.69. The fourth-order valence-corrected chi connectivity index (χ4v) is 1.60. The molecule has 5 heteroatoms. The first-order valence-electron chi connectivity index (χ1n) is 5.33. The molecule has 16 heavy (non-hydrogen) atoms. The minimum absolute atomic E-state index is 0.0257. The maximum Gasteiger partial charge on any atom is 0.317 e. The van der Waals surface area contributed by atoms with Crippen molar-refractivity contribution in [3.05, 3.63) is 17.5 Å². The SMILES string of the molecule is Cc1cc(CN(CC(=O)O)CC(C)C)on1. The van der Waals surface area contributed by atoms with Crippen LogP contribution in [0.25, 0.3) is 0 Å². The molecule has 0 atom stereocenters. The first kappa shape index (κ1) is 12.7. The number of aliphatic carboxylic acids is 1. The Morgan fingerprint density at radius 1 is 1.62 bits per heavy atom. The normalized spacial score (nSPS) is 11.3. The Balaban J connectivity index is 2.58. The zero-order valence-corrected chi connectivity index (χ0v) is 9.93. The highest BCUT2D eigenvalue weighted by Gasteiger charge is 2.14. The van der Waals surface area contributed by atoms with Crippen LogP contribution in [0.15, 0.2) is 10.6 Å². The number of carboxylic acid groups (broad SMARTS) is 1. The second kappa shape index (κ2) is 5.65. The number of hydrogen-bond donors (Lipinski definition) is 1. The standard InChI is InChI=1S/C11H18N2O3/c1-8(2)5-13(7-11(14)15)6-10-4-9(3)12-16-10/h4,8H,5-7H2,1-3H3,(H,14,15). The van der Waals surface area contributed by atoms with E-state index in [-0.39, 0.29) is 6.54 Å². The summed E-state index contributed by atoms with van der Waals surface area (Å²) in [7, 11) is 0. The molecule has 0 saturated heterocycles. The monoisotopic (exact) mass is 226 g/mol. The third-order valence-electron chi connectivity index (χ3n) is 2.04. The summed E-state index contributed by atoms with van der Waals surface area (Å²) < 4.78 is 5.07. The van der Waals surface area contributed by atoms with Crippen molar-refractivity contribution in [2.24, 2.45) is 5.92 Å². The van der Waals surface area contributed by atoms with Gasteiger partial charge in [-0.3, -0.25) is 9.69 Å². The first-order valence-corrected chi connectivity index (χ1v) is 5.33. The lowest BCUT2D eigenvalue weighted by molar-refractivity contribution is -0.138. The molecule has 1 aromatic rings. The molecule has 1 N–H and O–H groups in total. The molecule has 1 rings (SSSR count). The smallest absolute Gasteiger partial charge is 0.317 e. The molecule has 0 saturated carbocycles. The van der Waals surface area contributed by atoms with Gasteiger partial charge in [0.2, 0.25) is 0 Å². The molecule has 0 bridgehead atoms. The van der Waals surface area contributed by atoms with Crippen molar-refractivity contribution in [3.8, 4) is 0 Å². The van der Waals surface area contributed by atoms with Crippen molar-refractivity contribution in [1.82, 2.24) is 10.1 Å². The van der Waals surface area contributed by atoms with E-state index in [2.05, 4.69) is 19.0 Å². The number of carboxylic acids is 1. The second-order valence-corrected chi connectivity index (χ2v) is 4.39. The van der Waals surface area contributed by atoms with E-state index < -0.39 is 5.97 Å². The highest BCUT2D eigenvalue weighted by Crippen LogP contribution is 2.08. The third kappa shape index (κ3) is 4.44. The minimum Gasteiger partial charge on any atom is -0.480 e. The second-order valence-electron chi connectivity index (χ2n) is 4.39. The number of nitrogens with zero attached hydrogens (tertiary/aromatic N) is 2. The molecular formula is C11H18N2O3. The van der Waals surface area contributed by atoms with Crippen LogP contribution in [0.3, 0.4) is 0 Å². The van der Waals surface area contributed by atoms with Crippen molar-refractivity contribution in [3.63, 3.8) is 0 Å². The van der Waals surface area contributed by atoms with Gasteiger partial charge >= 0.3 is 5.97 Å². The average Bonchev–Trinajstić information content (AvgIpc) is 2.48. The van der Waals surface area contributed by atoms with E-state index in [4.69, 9.17) is 9.63 Å². The maximum absolute atomic E-state index is 10.7. The molecule has 0 amide bonds. The van der Waals surface area contributed by atoms with Gasteiger partial charge in [0.1, 0.15) is 0 Å². The highest BCUT2D eigenvalue weighted by atomic mass is 16.5. The van der Waals surface area contributed by atoms with E-state index in [1.54, 1.807) is 0 Å². The van der Waals surface area contributed by atoms with Crippen molar-refractivity contribution in [1.29, 1.82) is 0 Å². The Morgan fingerprint density at radius 3 is 2.75 bits per heavy atom. The lowest BCUT2D eigenvalue weighted by Gasteiger charge is -2.20. The number of aryl methyl sites for hydroxylation is 1. The Morgan fingerprint density at radius 2 is 2.31 bits per heavy atom. The summed E-state index contributed by atoms with van der Waals surface area (Å²) in [6, 6.07) is 1.83. The van der Waals surface area contributed by atoms with Crippen LogP contribution in [0.5, 0.6) is 0 Å². The number of hydrogen-bond acceptors (Lipinski definition) is 4. The Labute approximate surface area is 95.0 Å². The molecule has 5 nitrogen and oxygen atoms in total. The van der Waals surface area contributed by atoms with E-state index in [1.165, 1.54) is 0 Å². The van der Waals surface area contributed by atoms with Crippen LogP contribution < -0.4 is 0 Å². The summed E-state index contributed by atoms with van der Waals surface area (Å²) in [4.78, 5) is 12.5. The van der Waals surface area contributed by atoms with Gasteiger partial charge < -0.3 is 9.63 Å². The van der Waals surface area contributed by atoms with Crippen molar-refractivity contribution in [2.45, 2.75) is 27.3 Å². The summed E-state index contributed by atoms with van der Waals surface area (Å²) in [5, 5.41) is 12.6. The minimum atomic E-state index is -0.822. The fourth-order valence-electron chi connectivity index (χ4n) is 1.60. The van der Waals surface area contributed by atoms with Gasteiger partial charge in [-0.05, 0) is 12.8 Å². The predicted molar refractivity (Wildman–Crippen MR) is 59.0 cm³/mol.